The van der Waals surface area contributed by atoms with E-state index in [1.54, 1.807) is 6.92 Å². The minimum Gasteiger partial charge on any atom is -0.473 e. The SMILES string of the molecule is CC(NC(=O)C(C)N1CCN(S(=O)(=O)c2ccccc2C(F)(F)F)CC1)c1ccccc1.O=C(O)C(=O)O. The van der Waals surface area contributed by atoms with Crippen molar-refractivity contribution in [2.75, 3.05) is 26.2 Å². The van der Waals surface area contributed by atoms with Crippen LogP contribution in [0.3, 0.4) is 0 Å². The summed E-state index contributed by atoms with van der Waals surface area (Å²) in [5.74, 6) is -3.84. The molecule has 3 rings (SSSR count). The second kappa shape index (κ2) is 12.8. The van der Waals surface area contributed by atoms with Gasteiger partial charge in [0.2, 0.25) is 15.9 Å². The molecular weight excluding hydrogens is 531 g/mol. The number of halogens is 3. The largest absolute Gasteiger partial charge is 0.473 e. The number of benzene rings is 2. The zero-order valence-corrected chi connectivity index (χ0v) is 21.4. The van der Waals surface area contributed by atoms with Gasteiger partial charge in [0.25, 0.3) is 0 Å². The molecule has 10 nitrogen and oxygen atoms in total. The molecule has 0 aliphatic carbocycles. The fourth-order valence-corrected chi connectivity index (χ4v) is 5.36. The molecule has 1 amide bonds. The second-order valence-corrected chi connectivity index (χ2v) is 10.3. The molecule has 0 aromatic heterocycles. The van der Waals surface area contributed by atoms with Crippen LogP contribution in [-0.2, 0) is 30.6 Å². The molecule has 2 aromatic rings. The van der Waals surface area contributed by atoms with E-state index >= 15 is 0 Å². The van der Waals surface area contributed by atoms with Gasteiger partial charge in [-0.1, -0.05) is 42.5 Å². The number of hydrogen-bond donors (Lipinski definition) is 3. The third kappa shape index (κ3) is 8.00. The van der Waals surface area contributed by atoms with Gasteiger partial charge in [-0.15, -0.1) is 0 Å². The van der Waals surface area contributed by atoms with E-state index in [-0.39, 0.29) is 38.1 Å². The van der Waals surface area contributed by atoms with Gasteiger partial charge in [-0.25, -0.2) is 18.0 Å². The van der Waals surface area contributed by atoms with Crippen molar-refractivity contribution >= 4 is 27.9 Å². The number of amides is 1. The summed E-state index contributed by atoms with van der Waals surface area (Å²) < 4.78 is 66.7. The molecule has 1 saturated heterocycles. The van der Waals surface area contributed by atoms with Crippen molar-refractivity contribution in [2.45, 2.75) is 37.0 Å². The average molecular weight is 560 g/mol. The Balaban J connectivity index is 0.000000757. The number of sulfonamides is 1. The zero-order chi connectivity index (χ0) is 28.7. The number of hydrogen-bond acceptors (Lipinski definition) is 6. The maximum Gasteiger partial charge on any atom is 0.417 e. The van der Waals surface area contributed by atoms with E-state index in [2.05, 4.69) is 5.32 Å². The predicted molar refractivity (Wildman–Crippen MR) is 130 cm³/mol. The van der Waals surface area contributed by atoms with E-state index in [1.165, 1.54) is 6.07 Å². The molecule has 14 heteroatoms. The van der Waals surface area contributed by atoms with Gasteiger partial charge in [0.15, 0.2) is 0 Å². The summed E-state index contributed by atoms with van der Waals surface area (Å²) in [4.78, 5) is 32.0. The van der Waals surface area contributed by atoms with Gasteiger partial charge in [0.05, 0.1) is 22.5 Å². The molecule has 2 unspecified atom stereocenters. The number of carbonyl (C=O) groups excluding carboxylic acids is 1. The van der Waals surface area contributed by atoms with E-state index in [9.17, 15) is 26.4 Å². The summed E-state index contributed by atoms with van der Waals surface area (Å²) >= 11 is 0. The van der Waals surface area contributed by atoms with Gasteiger partial charge in [-0.2, -0.15) is 17.5 Å². The molecular formula is C24H28F3N3O7S. The number of carboxylic acid groups (broad SMARTS) is 2. The molecule has 1 aliphatic rings. The third-order valence-electron chi connectivity index (χ3n) is 5.85. The van der Waals surface area contributed by atoms with Crippen molar-refractivity contribution in [3.8, 4) is 0 Å². The van der Waals surface area contributed by atoms with Crippen molar-refractivity contribution in [2.24, 2.45) is 0 Å². The molecule has 0 bridgehead atoms. The number of nitrogens with one attached hydrogen (secondary N) is 1. The van der Waals surface area contributed by atoms with Crippen LogP contribution in [0.4, 0.5) is 13.2 Å². The highest BCUT2D eigenvalue weighted by atomic mass is 32.2. The van der Waals surface area contributed by atoms with Crippen molar-refractivity contribution < 1.29 is 46.2 Å². The number of carbonyl (C=O) groups is 3. The first-order chi connectivity index (χ1) is 17.7. The Hall–Kier alpha value is -3.49. The fourth-order valence-electron chi connectivity index (χ4n) is 3.72. The molecule has 2 atom stereocenters. The van der Waals surface area contributed by atoms with Crippen molar-refractivity contribution in [3.05, 3.63) is 65.7 Å². The lowest BCUT2D eigenvalue weighted by molar-refractivity contribution is -0.159. The van der Waals surface area contributed by atoms with Crippen molar-refractivity contribution in [1.29, 1.82) is 0 Å². The molecule has 2 aromatic carbocycles. The van der Waals surface area contributed by atoms with E-state index in [0.717, 1.165) is 28.1 Å². The number of carboxylic acids is 2. The van der Waals surface area contributed by atoms with E-state index < -0.39 is 44.6 Å². The maximum atomic E-state index is 13.3. The van der Waals surface area contributed by atoms with E-state index in [1.807, 2.05) is 42.2 Å². The lowest BCUT2D eigenvalue weighted by Gasteiger charge is -2.37. The summed E-state index contributed by atoms with van der Waals surface area (Å²) in [6, 6.07) is 13.0. The quantitative estimate of drug-likeness (QED) is 0.458. The minimum absolute atomic E-state index is 0.000381. The fraction of sp³-hybridized carbons (Fsp3) is 0.375. The van der Waals surface area contributed by atoms with E-state index in [4.69, 9.17) is 19.8 Å². The standard InChI is InChI=1S/C22H26F3N3O3S.C2H2O4/c1-16(18-8-4-3-5-9-18)26-21(29)17(2)27-12-14-28(15-13-27)32(30,31)20-11-7-6-10-19(20)22(23,24)25;3-1(4)2(5)6/h3-11,16-17H,12-15H2,1-2H3,(H,26,29);(H,3,4)(H,5,6). The van der Waals surface area contributed by atoms with Crippen LogP contribution in [0.2, 0.25) is 0 Å². The van der Waals surface area contributed by atoms with Crippen LogP contribution < -0.4 is 5.32 Å². The summed E-state index contributed by atoms with van der Waals surface area (Å²) in [5, 5.41) is 17.7. The third-order valence-corrected chi connectivity index (χ3v) is 7.81. The highest BCUT2D eigenvalue weighted by Crippen LogP contribution is 2.35. The molecule has 1 aliphatic heterocycles. The average Bonchev–Trinajstić information content (AvgIpc) is 2.88. The normalized spacial score (nSPS) is 16.4. The van der Waals surface area contributed by atoms with Crippen molar-refractivity contribution in [1.82, 2.24) is 14.5 Å². The molecule has 0 radical (unpaired) electrons. The zero-order valence-electron chi connectivity index (χ0n) is 20.6. The smallest absolute Gasteiger partial charge is 0.417 e. The van der Waals surface area contributed by atoms with Crippen LogP contribution in [0, 0.1) is 0 Å². The molecule has 0 saturated carbocycles. The maximum absolute atomic E-state index is 13.3. The van der Waals surface area contributed by atoms with Crippen LogP contribution in [0.15, 0.2) is 59.5 Å². The first-order valence-electron chi connectivity index (χ1n) is 11.4. The number of nitrogens with zero attached hydrogens (tertiary/aromatic N) is 2. The minimum atomic E-state index is -4.77. The Morgan fingerprint density at radius 2 is 1.37 bits per heavy atom. The summed E-state index contributed by atoms with van der Waals surface area (Å²) in [6.45, 7) is 4.09. The summed E-state index contributed by atoms with van der Waals surface area (Å²) in [6.07, 6.45) is -4.77. The Morgan fingerprint density at radius 1 is 0.868 bits per heavy atom. The monoisotopic (exact) mass is 559 g/mol. The Labute approximate surface area is 217 Å². The van der Waals surface area contributed by atoms with Crippen LogP contribution in [0.25, 0.3) is 0 Å². The predicted octanol–water partition coefficient (Wildman–Crippen LogP) is 2.43. The Morgan fingerprint density at radius 3 is 1.87 bits per heavy atom. The van der Waals surface area contributed by atoms with Gasteiger partial charge in [0, 0.05) is 26.2 Å². The number of aliphatic carboxylic acids is 2. The number of piperazine rings is 1. The van der Waals surface area contributed by atoms with Crippen molar-refractivity contribution in [3.63, 3.8) is 0 Å². The first kappa shape index (κ1) is 30.7. The molecule has 1 fully saturated rings. The molecule has 0 spiro atoms. The van der Waals surface area contributed by atoms with Gasteiger partial charge in [0.1, 0.15) is 0 Å². The summed E-state index contributed by atoms with van der Waals surface area (Å²) in [5.41, 5.74) is -0.211. The van der Waals surface area contributed by atoms with Gasteiger partial charge < -0.3 is 15.5 Å². The lowest BCUT2D eigenvalue weighted by Crippen LogP contribution is -2.55. The first-order valence-corrected chi connectivity index (χ1v) is 12.8. The number of rotatable bonds is 6. The topological polar surface area (TPSA) is 144 Å². The number of alkyl halides is 3. The van der Waals surface area contributed by atoms with Crippen LogP contribution in [0.1, 0.15) is 31.0 Å². The second-order valence-electron chi connectivity index (χ2n) is 8.36. The van der Waals surface area contributed by atoms with Gasteiger partial charge in [-0.3, -0.25) is 9.69 Å². The van der Waals surface area contributed by atoms with Gasteiger partial charge >= 0.3 is 18.1 Å². The Kier molecular flexibility index (Phi) is 10.4. The highest BCUT2D eigenvalue weighted by Gasteiger charge is 2.40. The molecule has 3 N–H and O–H groups in total. The van der Waals surface area contributed by atoms with E-state index in [0.29, 0.717) is 0 Å². The summed E-state index contributed by atoms with van der Waals surface area (Å²) in [7, 11) is -4.31. The molecule has 1 heterocycles. The lowest BCUT2D eigenvalue weighted by atomic mass is 10.1. The van der Waals surface area contributed by atoms with Crippen LogP contribution in [-0.4, -0.2) is 77.9 Å². The van der Waals surface area contributed by atoms with Gasteiger partial charge in [-0.05, 0) is 31.5 Å². The van der Waals surface area contributed by atoms with Crippen LogP contribution >= 0.6 is 0 Å². The molecule has 208 valence electrons. The Bertz CT molecular complexity index is 1220. The highest BCUT2D eigenvalue weighted by molar-refractivity contribution is 7.89. The van der Waals surface area contributed by atoms with Crippen LogP contribution in [0.5, 0.6) is 0 Å². The molecule has 38 heavy (non-hydrogen) atoms.